The number of nitrogens with two attached hydrogens (primary N) is 1. The van der Waals surface area contributed by atoms with Crippen molar-refractivity contribution in [1.82, 2.24) is 5.32 Å². The molecule has 0 aliphatic heterocycles. The second-order valence-electron chi connectivity index (χ2n) is 6.02. The molecule has 0 aromatic carbocycles. The van der Waals surface area contributed by atoms with E-state index >= 15 is 0 Å². The van der Waals surface area contributed by atoms with Gasteiger partial charge in [-0.3, -0.25) is 0 Å². The van der Waals surface area contributed by atoms with Gasteiger partial charge in [0, 0.05) is 11.4 Å². The first-order valence-corrected chi connectivity index (χ1v) is 7.24. The molecule has 0 radical (unpaired) electrons. The van der Waals surface area contributed by atoms with Crippen molar-refractivity contribution < 1.29 is 0 Å². The lowest BCUT2D eigenvalue weighted by molar-refractivity contribution is 0.290. The predicted octanol–water partition coefficient (Wildman–Crippen LogP) is 3.16. The van der Waals surface area contributed by atoms with E-state index in [0.29, 0.717) is 11.3 Å². The van der Waals surface area contributed by atoms with Crippen molar-refractivity contribution in [2.75, 3.05) is 13.1 Å². The Labute approximate surface area is 110 Å². The van der Waals surface area contributed by atoms with Gasteiger partial charge in [0.15, 0.2) is 0 Å². The number of hydrogen-bond acceptors (Lipinski definition) is 3. The average molecular weight is 254 g/mol. The summed E-state index contributed by atoms with van der Waals surface area (Å²) in [5.41, 5.74) is 7.59. The minimum Gasteiger partial charge on any atom is -0.330 e. The fourth-order valence-corrected chi connectivity index (χ4v) is 2.96. The fraction of sp³-hybridized carbons (Fsp3) is 0.714. The van der Waals surface area contributed by atoms with Crippen molar-refractivity contribution in [3.05, 3.63) is 21.9 Å². The average Bonchev–Trinajstić information content (AvgIpc) is 2.61. The molecular weight excluding hydrogens is 228 g/mol. The third kappa shape index (κ3) is 5.66. The Kier molecular flexibility index (Phi) is 5.63. The van der Waals surface area contributed by atoms with Gasteiger partial charge in [0.05, 0.1) is 0 Å². The highest BCUT2D eigenvalue weighted by Crippen LogP contribution is 2.23. The third-order valence-corrected chi connectivity index (χ3v) is 3.94. The molecular formula is C14H26N2S. The van der Waals surface area contributed by atoms with Crippen LogP contribution in [0.3, 0.4) is 0 Å². The number of aryl methyl sites for hydroxylation is 1. The topological polar surface area (TPSA) is 38.0 Å². The van der Waals surface area contributed by atoms with Crippen molar-refractivity contribution in [3.8, 4) is 0 Å². The van der Waals surface area contributed by atoms with E-state index in [9.17, 15) is 0 Å². The zero-order valence-electron chi connectivity index (χ0n) is 11.5. The lowest BCUT2D eigenvalue weighted by atomic mass is 9.84. The van der Waals surface area contributed by atoms with Crippen LogP contribution in [-0.4, -0.2) is 13.1 Å². The van der Waals surface area contributed by atoms with Crippen LogP contribution in [0.2, 0.25) is 0 Å². The van der Waals surface area contributed by atoms with Crippen LogP contribution in [-0.2, 0) is 6.54 Å². The van der Waals surface area contributed by atoms with E-state index < -0.39 is 0 Å². The molecule has 3 N–H and O–H groups in total. The Hall–Kier alpha value is -0.380. The van der Waals surface area contributed by atoms with Gasteiger partial charge >= 0.3 is 0 Å². The van der Waals surface area contributed by atoms with Gasteiger partial charge in [-0.1, -0.05) is 20.8 Å². The summed E-state index contributed by atoms with van der Waals surface area (Å²) in [4.78, 5) is 1.44. The van der Waals surface area contributed by atoms with E-state index in [0.717, 1.165) is 19.6 Å². The maximum atomic E-state index is 5.83. The second-order valence-corrected chi connectivity index (χ2v) is 7.02. The van der Waals surface area contributed by atoms with Gasteiger partial charge in [0.25, 0.3) is 0 Å². The molecule has 0 saturated heterocycles. The maximum Gasteiger partial charge on any atom is 0.0302 e. The Morgan fingerprint density at radius 1 is 1.41 bits per heavy atom. The first-order chi connectivity index (χ1) is 7.92. The zero-order chi connectivity index (χ0) is 12.9. The molecule has 0 bridgehead atoms. The normalized spacial score (nSPS) is 13.9. The van der Waals surface area contributed by atoms with Gasteiger partial charge in [-0.25, -0.2) is 0 Å². The number of rotatable bonds is 6. The first kappa shape index (κ1) is 14.7. The van der Waals surface area contributed by atoms with E-state index in [1.807, 2.05) is 11.3 Å². The van der Waals surface area contributed by atoms with E-state index in [-0.39, 0.29) is 0 Å². The van der Waals surface area contributed by atoms with Crippen LogP contribution in [0.4, 0.5) is 0 Å². The predicted molar refractivity (Wildman–Crippen MR) is 77.4 cm³/mol. The van der Waals surface area contributed by atoms with E-state index in [1.165, 1.54) is 16.9 Å². The van der Waals surface area contributed by atoms with Crippen LogP contribution in [0.1, 0.15) is 37.6 Å². The second kappa shape index (κ2) is 6.53. The number of hydrogen-bond donors (Lipinski definition) is 2. The SMILES string of the molecule is Cc1ccsc1CNCC(CN)CC(C)(C)C. The van der Waals surface area contributed by atoms with E-state index in [1.54, 1.807) is 0 Å². The van der Waals surface area contributed by atoms with Crippen molar-refractivity contribution in [1.29, 1.82) is 0 Å². The summed E-state index contributed by atoms with van der Waals surface area (Å²) in [5, 5.41) is 5.69. The summed E-state index contributed by atoms with van der Waals surface area (Å²) in [6.45, 7) is 11.8. The van der Waals surface area contributed by atoms with Crippen molar-refractivity contribution in [2.24, 2.45) is 17.1 Å². The molecule has 0 fully saturated rings. The molecule has 3 heteroatoms. The van der Waals surface area contributed by atoms with Crippen LogP contribution in [0.15, 0.2) is 11.4 Å². The van der Waals surface area contributed by atoms with E-state index in [2.05, 4.69) is 44.5 Å². The molecule has 1 rings (SSSR count). The van der Waals surface area contributed by atoms with Crippen molar-refractivity contribution in [2.45, 2.75) is 40.7 Å². The molecule has 0 aliphatic rings. The molecule has 0 spiro atoms. The Bertz CT molecular complexity index is 325. The van der Waals surface area contributed by atoms with Gasteiger partial charge in [-0.2, -0.15) is 0 Å². The van der Waals surface area contributed by atoms with Crippen LogP contribution in [0.25, 0.3) is 0 Å². The van der Waals surface area contributed by atoms with Crippen LogP contribution in [0.5, 0.6) is 0 Å². The van der Waals surface area contributed by atoms with Crippen molar-refractivity contribution in [3.63, 3.8) is 0 Å². The Balaban J connectivity index is 2.31. The summed E-state index contributed by atoms with van der Waals surface area (Å²) in [6, 6.07) is 2.18. The maximum absolute atomic E-state index is 5.83. The quantitative estimate of drug-likeness (QED) is 0.818. The third-order valence-electron chi connectivity index (χ3n) is 2.92. The molecule has 17 heavy (non-hydrogen) atoms. The van der Waals surface area contributed by atoms with Gasteiger partial charge in [-0.05, 0) is 54.8 Å². The summed E-state index contributed by atoms with van der Waals surface area (Å²) >= 11 is 1.83. The van der Waals surface area contributed by atoms with Gasteiger partial charge < -0.3 is 11.1 Å². The molecule has 1 aromatic rings. The summed E-state index contributed by atoms with van der Waals surface area (Å²) in [7, 11) is 0. The van der Waals surface area contributed by atoms with Gasteiger partial charge in [0.2, 0.25) is 0 Å². The summed E-state index contributed by atoms with van der Waals surface area (Å²) < 4.78 is 0. The number of nitrogens with one attached hydrogen (secondary N) is 1. The molecule has 1 aromatic heterocycles. The van der Waals surface area contributed by atoms with Gasteiger partial charge in [-0.15, -0.1) is 11.3 Å². The number of thiophene rings is 1. The zero-order valence-corrected chi connectivity index (χ0v) is 12.4. The molecule has 0 aliphatic carbocycles. The van der Waals surface area contributed by atoms with Crippen molar-refractivity contribution >= 4 is 11.3 Å². The summed E-state index contributed by atoms with van der Waals surface area (Å²) in [6.07, 6.45) is 1.18. The molecule has 0 saturated carbocycles. The standard InChI is InChI=1S/C14H26N2S/c1-11-5-6-17-13(11)10-16-9-12(8-15)7-14(2,3)4/h5-6,12,16H,7-10,15H2,1-4H3. The highest BCUT2D eigenvalue weighted by molar-refractivity contribution is 7.10. The molecule has 0 amide bonds. The van der Waals surface area contributed by atoms with Crippen LogP contribution < -0.4 is 11.1 Å². The summed E-state index contributed by atoms with van der Waals surface area (Å²) in [5.74, 6) is 0.579. The Morgan fingerprint density at radius 3 is 2.59 bits per heavy atom. The highest BCUT2D eigenvalue weighted by atomic mass is 32.1. The molecule has 1 atom stereocenters. The fourth-order valence-electron chi connectivity index (χ4n) is 2.08. The van der Waals surface area contributed by atoms with E-state index in [4.69, 9.17) is 5.73 Å². The minimum atomic E-state index is 0.366. The minimum absolute atomic E-state index is 0.366. The smallest absolute Gasteiger partial charge is 0.0302 e. The molecule has 2 nitrogen and oxygen atoms in total. The largest absolute Gasteiger partial charge is 0.330 e. The molecule has 98 valence electrons. The molecule has 1 unspecified atom stereocenters. The lowest BCUT2D eigenvalue weighted by Crippen LogP contribution is -2.31. The monoisotopic (exact) mass is 254 g/mol. The molecule has 1 heterocycles. The first-order valence-electron chi connectivity index (χ1n) is 6.36. The Morgan fingerprint density at radius 2 is 2.12 bits per heavy atom. The van der Waals surface area contributed by atoms with Crippen LogP contribution >= 0.6 is 11.3 Å². The van der Waals surface area contributed by atoms with Gasteiger partial charge in [0.1, 0.15) is 0 Å². The lowest BCUT2D eigenvalue weighted by Gasteiger charge is -2.25. The van der Waals surface area contributed by atoms with Crippen LogP contribution in [0, 0.1) is 18.3 Å². The highest BCUT2D eigenvalue weighted by Gasteiger charge is 2.17.